The molecule has 0 radical (unpaired) electrons. The summed E-state index contributed by atoms with van der Waals surface area (Å²) in [4.78, 5) is 4.61. The SMILES string of the molecule is Cc1cc(C)cc(-n2cc(O)c(-c3nc4ccccc4s3)c2N)c1. The highest BCUT2D eigenvalue weighted by atomic mass is 32.1. The maximum atomic E-state index is 10.5. The summed E-state index contributed by atoms with van der Waals surface area (Å²) in [5.74, 6) is 0.641. The van der Waals surface area contributed by atoms with Crippen molar-refractivity contribution < 1.29 is 5.11 Å². The second-order valence-corrected chi connectivity index (χ2v) is 7.01. The van der Waals surface area contributed by atoms with Gasteiger partial charge in [-0.3, -0.25) is 4.57 Å². The lowest BCUT2D eigenvalue weighted by Gasteiger charge is -2.08. The molecule has 2 aromatic carbocycles. The number of aromatic nitrogens is 2. The van der Waals surface area contributed by atoms with Crippen molar-refractivity contribution >= 4 is 27.4 Å². The van der Waals surface area contributed by atoms with Crippen molar-refractivity contribution in [3.05, 3.63) is 59.8 Å². The third-order valence-corrected chi connectivity index (χ3v) is 5.07. The zero-order chi connectivity index (χ0) is 16.8. The molecule has 2 aromatic heterocycles. The first-order valence-electron chi connectivity index (χ1n) is 7.67. The molecular weight excluding hydrogens is 318 g/mol. The lowest BCUT2D eigenvalue weighted by Crippen LogP contribution is -2.00. The monoisotopic (exact) mass is 335 g/mol. The van der Waals surface area contributed by atoms with Gasteiger partial charge in [-0.2, -0.15) is 0 Å². The molecule has 0 spiro atoms. The van der Waals surface area contributed by atoms with Gasteiger partial charge in [0.1, 0.15) is 16.6 Å². The number of aryl methyl sites for hydroxylation is 2. The highest BCUT2D eigenvalue weighted by Crippen LogP contribution is 2.41. The molecule has 0 saturated heterocycles. The fourth-order valence-corrected chi connectivity index (χ4v) is 4.04. The van der Waals surface area contributed by atoms with Gasteiger partial charge in [0.25, 0.3) is 0 Å². The standard InChI is InChI=1S/C19H17N3OS/c1-11-7-12(2)9-13(8-11)22-10-15(23)17(18(22)20)19-21-14-5-3-4-6-16(14)24-19/h3-10,23H,20H2,1-2H3. The molecule has 0 aliphatic carbocycles. The van der Waals surface area contributed by atoms with E-state index < -0.39 is 0 Å². The van der Waals surface area contributed by atoms with Crippen LogP contribution in [0.4, 0.5) is 5.82 Å². The van der Waals surface area contributed by atoms with Crippen LogP contribution in [-0.4, -0.2) is 14.7 Å². The second kappa shape index (κ2) is 5.39. The largest absolute Gasteiger partial charge is 0.506 e. The Morgan fingerprint density at radius 3 is 2.50 bits per heavy atom. The summed E-state index contributed by atoms with van der Waals surface area (Å²) in [5, 5.41) is 11.2. The van der Waals surface area contributed by atoms with Crippen LogP contribution in [-0.2, 0) is 0 Å². The number of thiazole rings is 1. The number of fused-ring (bicyclic) bond motifs is 1. The van der Waals surface area contributed by atoms with Crippen molar-refractivity contribution in [2.45, 2.75) is 13.8 Å². The Bertz CT molecular complexity index is 1010. The van der Waals surface area contributed by atoms with Gasteiger partial charge in [0.15, 0.2) is 0 Å². The molecule has 3 N–H and O–H groups in total. The van der Waals surface area contributed by atoms with E-state index in [1.165, 1.54) is 11.3 Å². The second-order valence-electron chi connectivity index (χ2n) is 5.98. The van der Waals surface area contributed by atoms with Gasteiger partial charge in [0, 0.05) is 5.69 Å². The van der Waals surface area contributed by atoms with E-state index in [9.17, 15) is 5.11 Å². The van der Waals surface area contributed by atoms with Gasteiger partial charge in [-0.25, -0.2) is 4.98 Å². The van der Waals surface area contributed by atoms with E-state index in [1.54, 1.807) is 6.20 Å². The van der Waals surface area contributed by atoms with E-state index in [4.69, 9.17) is 5.73 Å². The molecule has 0 bridgehead atoms. The molecule has 0 aliphatic rings. The van der Waals surface area contributed by atoms with E-state index in [-0.39, 0.29) is 5.75 Å². The van der Waals surface area contributed by atoms with Crippen molar-refractivity contribution in [1.82, 2.24) is 9.55 Å². The fraction of sp³-hybridized carbons (Fsp3) is 0.105. The Labute approximate surface area is 143 Å². The number of hydrogen-bond donors (Lipinski definition) is 2. The summed E-state index contributed by atoms with van der Waals surface area (Å²) >= 11 is 1.53. The van der Waals surface area contributed by atoms with E-state index in [1.807, 2.05) is 54.8 Å². The van der Waals surface area contributed by atoms with Crippen molar-refractivity contribution in [3.8, 4) is 22.0 Å². The fourth-order valence-electron chi connectivity index (χ4n) is 3.01. The number of aromatic hydroxyl groups is 1. The number of rotatable bonds is 2. The average Bonchev–Trinajstić information content (AvgIpc) is 3.06. The molecule has 4 rings (SSSR count). The van der Waals surface area contributed by atoms with Gasteiger partial charge in [-0.15, -0.1) is 11.3 Å². The molecule has 24 heavy (non-hydrogen) atoms. The van der Waals surface area contributed by atoms with Crippen LogP contribution in [0.1, 0.15) is 11.1 Å². The van der Waals surface area contributed by atoms with E-state index in [2.05, 4.69) is 11.1 Å². The number of nitrogen functional groups attached to an aromatic ring is 1. The maximum Gasteiger partial charge on any atom is 0.146 e. The zero-order valence-electron chi connectivity index (χ0n) is 13.4. The summed E-state index contributed by atoms with van der Waals surface area (Å²) in [6.45, 7) is 4.09. The van der Waals surface area contributed by atoms with Crippen LogP contribution in [0.25, 0.3) is 26.5 Å². The van der Waals surface area contributed by atoms with Crippen molar-refractivity contribution in [3.63, 3.8) is 0 Å². The molecule has 0 fully saturated rings. The molecule has 120 valence electrons. The third-order valence-electron chi connectivity index (χ3n) is 4.02. The minimum Gasteiger partial charge on any atom is -0.506 e. The minimum atomic E-state index is 0.144. The Kier molecular flexibility index (Phi) is 3.32. The van der Waals surface area contributed by atoms with Crippen LogP contribution in [0.3, 0.4) is 0 Å². The number of nitrogens with zero attached hydrogens (tertiary/aromatic N) is 2. The summed E-state index contributed by atoms with van der Waals surface area (Å²) in [5.41, 5.74) is 11.1. The third kappa shape index (κ3) is 2.34. The predicted molar refractivity (Wildman–Crippen MR) is 99.9 cm³/mol. The van der Waals surface area contributed by atoms with Crippen LogP contribution in [0, 0.1) is 13.8 Å². The molecule has 4 aromatic rings. The smallest absolute Gasteiger partial charge is 0.146 e. The van der Waals surface area contributed by atoms with Gasteiger partial charge < -0.3 is 10.8 Å². The van der Waals surface area contributed by atoms with Crippen molar-refractivity contribution in [2.75, 3.05) is 5.73 Å². The molecule has 2 heterocycles. The van der Waals surface area contributed by atoms with E-state index >= 15 is 0 Å². The van der Waals surface area contributed by atoms with Gasteiger partial charge in [0.05, 0.1) is 22.0 Å². The average molecular weight is 335 g/mol. The van der Waals surface area contributed by atoms with Crippen molar-refractivity contribution in [2.24, 2.45) is 0 Å². The molecule has 0 amide bonds. The van der Waals surface area contributed by atoms with Gasteiger partial charge in [-0.1, -0.05) is 18.2 Å². The normalized spacial score (nSPS) is 11.2. The molecule has 5 heteroatoms. The number of hydrogen-bond acceptors (Lipinski definition) is 4. The summed E-state index contributed by atoms with van der Waals surface area (Å²) in [6.07, 6.45) is 1.66. The molecule has 4 nitrogen and oxygen atoms in total. The van der Waals surface area contributed by atoms with Crippen LogP contribution in [0.15, 0.2) is 48.7 Å². The molecule has 0 unspecified atom stereocenters. The molecule has 0 atom stereocenters. The first-order chi connectivity index (χ1) is 11.5. The van der Waals surface area contributed by atoms with E-state index in [0.29, 0.717) is 11.4 Å². The first-order valence-corrected chi connectivity index (χ1v) is 8.49. The van der Waals surface area contributed by atoms with Gasteiger partial charge in [-0.05, 0) is 49.2 Å². The summed E-state index contributed by atoms with van der Waals surface area (Å²) < 4.78 is 2.89. The zero-order valence-corrected chi connectivity index (χ0v) is 14.3. The van der Waals surface area contributed by atoms with Crippen LogP contribution < -0.4 is 5.73 Å². The lowest BCUT2D eigenvalue weighted by atomic mass is 10.1. The Hall–Kier alpha value is -2.79. The minimum absolute atomic E-state index is 0.144. The predicted octanol–water partition coefficient (Wildman–Crippen LogP) is 4.66. The van der Waals surface area contributed by atoms with Gasteiger partial charge >= 0.3 is 0 Å². The van der Waals surface area contributed by atoms with E-state index in [0.717, 1.165) is 32.0 Å². The number of benzene rings is 2. The topological polar surface area (TPSA) is 64.1 Å². The Balaban J connectivity index is 1.90. The highest BCUT2D eigenvalue weighted by molar-refractivity contribution is 7.21. The number of nitrogens with two attached hydrogens (primary N) is 1. The summed E-state index contributed by atoms with van der Waals surface area (Å²) in [7, 11) is 0. The number of anilines is 1. The molecular formula is C19H17N3OS. The van der Waals surface area contributed by atoms with Crippen molar-refractivity contribution in [1.29, 1.82) is 0 Å². The van der Waals surface area contributed by atoms with Crippen LogP contribution in [0.2, 0.25) is 0 Å². The van der Waals surface area contributed by atoms with Crippen LogP contribution >= 0.6 is 11.3 Å². The Morgan fingerprint density at radius 1 is 1.08 bits per heavy atom. The van der Waals surface area contributed by atoms with Gasteiger partial charge in [0.2, 0.25) is 0 Å². The van der Waals surface area contributed by atoms with Crippen LogP contribution in [0.5, 0.6) is 5.75 Å². The Morgan fingerprint density at radius 2 is 1.79 bits per heavy atom. The first kappa shape index (κ1) is 14.8. The molecule has 0 aliphatic heterocycles. The maximum absolute atomic E-state index is 10.5. The summed E-state index contributed by atoms with van der Waals surface area (Å²) in [6, 6.07) is 14.1. The highest BCUT2D eigenvalue weighted by Gasteiger charge is 2.19. The quantitative estimate of drug-likeness (QED) is 0.560. The number of para-hydroxylation sites is 1. The molecule has 0 saturated carbocycles. The lowest BCUT2D eigenvalue weighted by molar-refractivity contribution is 0.477.